The highest BCUT2D eigenvalue weighted by Gasteiger charge is 2.30. The minimum Gasteiger partial charge on any atom is -0.462 e. The summed E-state index contributed by atoms with van der Waals surface area (Å²) in [6.45, 7) is 4.20. The average molecular weight is 612 g/mol. The molecule has 4 aromatic rings. The number of halogens is 1. The van der Waals surface area contributed by atoms with Gasteiger partial charge in [0.1, 0.15) is 5.00 Å². The normalized spacial score (nSPS) is 13.0. The first-order valence-electron chi connectivity index (χ1n) is 12.9. The van der Waals surface area contributed by atoms with Gasteiger partial charge in [-0.3, -0.25) is 14.4 Å². The van der Waals surface area contributed by atoms with Crippen molar-refractivity contribution in [3.8, 4) is 0 Å². The third kappa shape index (κ3) is 7.15. The smallest absolute Gasteiger partial charge is 0.341 e. The Kier molecular flexibility index (Phi) is 9.82. The summed E-state index contributed by atoms with van der Waals surface area (Å²) in [5.74, 6) is -0.915. The summed E-state index contributed by atoms with van der Waals surface area (Å²) in [5.41, 5.74) is 3.02. The van der Waals surface area contributed by atoms with Crippen LogP contribution in [-0.4, -0.2) is 38.3 Å². The van der Waals surface area contributed by atoms with E-state index in [0.29, 0.717) is 23.5 Å². The van der Waals surface area contributed by atoms with Crippen molar-refractivity contribution in [2.75, 3.05) is 23.2 Å². The molecule has 1 aliphatic rings. The number of fused-ring (bicyclic) bond motifs is 1. The fraction of sp³-hybridized carbons (Fsp3) is 0.200. The number of rotatable bonds is 9. The van der Waals surface area contributed by atoms with Gasteiger partial charge in [0.25, 0.3) is 15.9 Å². The molecule has 0 unspecified atom stereocenters. The van der Waals surface area contributed by atoms with Crippen LogP contribution in [-0.2, 0) is 34.3 Å². The first-order chi connectivity index (χ1) is 19.3. The van der Waals surface area contributed by atoms with Crippen LogP contribution in [0.3, 0.4) is 0 Å². The predicted molar refractivity (Wildman–Crippen MR) is 163 cm³/mol. The molecule has 2 N–H and O–H groups in total. The maximum absolute atomic E-state index is 13.3. The summed E-state index contributed by atoms with van der Waals surface area (Å²) >= 11 is 1.38. The monoisotopic (exact) mass is 611 g/mol. The lowest BCUT2D eigenvalue weighted by Gasteiger charge is -2.27. The summed E-state index contributed by atoms with van der Waals surface area (Å²) in [6.07, 6.45) is 0.666. The van der Waals surface area contributed by atoms with E-state index in [1.54, 1.807) is 43.3 Å². The molecule has 214 valence electrons. The number of anilines is 2. The molecule has 0 radical (unpaired) electrons. The Morgan fingerprint density at radius 1 is 0.976 bits per heavy atom. The molecule has 11 heteroatoms. The second-order valence-electron chi connectivity index (χ2n) is 9.33. The number of nitrogens with one attached hydrogen (secondary N) is 2. The number of ether oxygens (including phenoxy) is 1. The molecule has 0 saturated carbocycles. The van der Waals surface area contributed by atoms with E-state index >= 15 is 0 Å². The lowest BCUT2D eigenvalue weighted by atomic mass is 10.0. The number of thiophene rings is 1. The summed E-state index contributed by atoms with van der Waals surface area (Å²) in [5, 5.41) is 3.33. The molecule has 0 bridgehead atoms. The Hall–Kier alpha value is -3.70. The molecule has 0 aliphatic carbocycles. The van der Waals surface area contributed by atoms with Crippen molar-refractivity contribution in [1.82, 2.24) is 4.90 Å². The van der Waals surface area contributed by atoms with Gasteiger partial charge in [0.2, 0.25) is 0 Å². The lowest BCUT2D eigenvalue weighted by Crippen LogP contribution is -2.29. The number of nitrogens with zero attached hydrogens (tertiary/aromatic N) is 1. The Bertz CT molecular complexity index is 1630. The van der Waals surface area contributed by atoms with Crippen LogP contribution < -0.4 is 10.0 Å². The highest BCUT2D eigenvalue weighted by Crippen LogP contribution is 2.38. The Labute approximate surface area is 249 Å². The average Bonchev–Trinajstić information content (AvgIpc) is 3.31. The van der Waals surface area contributed by atoms with Gasteiger partial charge < -0.3 is 10.1 Å². The molecule has 5 rings (SSSR count). The molecule has 0 saturated heterocycles. The number of sulfonamides is 1. The standard InChI is InChI=1S/C30H29N3O5S2.ClH/c1-2-38-30(35)27-25-16-17-33(19-21-10-5-3-6-11-21)20-26(25)39-29(27)31-28(34)22-12-9-13-23(18-22)32-40(36,37)24-14-7-4-8-15-24;/h3-15,18,32H,2,16-17,19-20H2,1H3,(H,31,34);1H. The zero-order chi connectivity index (χ0) is 28.1. The molecule has 1 amide bonds. The van der Waals surface area contributed by atoms with E-state index in [-0.39, 0.29) is 35.2 Å². The van der Waals surface area contributed by atoms with E-state index in [2.05, 4.69) is 27.1 Å². The van der Waals surface area contributed by atoms with Crippen LogP contribution >= 0.6 is 23.7 Å². The highest BCUT2D eigenvalue weighted by atomic mass is 35.5. The van der Waals surface area contributed by atoms with Gasteiger partial charge in [0.05, 0.1) is 17.1 Å². The Balaban J connectivity index is 0.00000387. The van der Waals surface area contributed by atoms with Crippen LogP contribution in [0.2, 0.25) is 0 Å². The van der Waals surface area contributed by atoms with Crippen molar-refractivity contribution >= 4 is 56.3 Å². The zero-order valence-corrected chi connectivity index (χ0v) is 24.8. The van der Waals surface area contributed by atoms with Crippen molar-refractivity contribution in [1.29, 1.82) is 0 Å². The van der Waals surface area contributed by atoms with Crippen molar-refractivity contribution in [3.05, 3.63) is 112 Å². The molecular weight excluding hydrogens is 582 g/mol. The third-order valence-electron chi connectivity index (χ3n) is 6.52. The zero-order valence-electron chi connectivity index (χ0n) is 22.3. The van der Waals surface area contributed by atoms with Gasteiger partial charge in [0.15, 0.2) is 0 Å². The van der Waals surface area contributed by atoms with E-state index in [0.717, 1.165) is 23.5 Å². The first-order valence-corrected chi connectivity index (χ1v) is 15.2. The maximum Gasteiger partial charge on any atom is 0.341 e. The van der Waals surface area contributed by atoms with Crippen molar-refractivity contribution in [3.63, 3.8) is 0 Å². The van der Waals surface area contributed by atoms with Gasteiger partial charge in [-0.05, 0) is 54.8 Å². The van der Waals surface area contributed by atoms with Gasteiger partial charge in [0, 0.05) is 35.8 Å². The van der Waals surface area contributed by atoms with Gasteiger partial charge in [-0.15, -0.1) is 23.7 Å². The van der Waals surface area contributed by atoms with E-state index in [1.807, 2.05) is 18.2 Å². The van der Waals surface area contributed by atoms with E-state index in [4.69, 9.17) is 4.74 Å². The third-order valence-corrected chi connectivity index (χ3v) is 9.05. The SMILES string of the molecule is CCOC(=O)c1c(NC(=O)c2cccc(NS(=O)(=O)c3ccccc3)c2)sc2c1CCN(Cc1ccccc1)C2.Cl. The number of hydrogen-bond donors (Lipinski definition) is 2. The molecular formula is C30H30ClN3O5S2. The number of amides is 1. The fourth-order valence-corrected chi connectivity index (χ4v) is 7.00. The van der Waals surface area contributed by atoms with E-state index in [9.17, 15) is 18.0 Å². The van der Waals surface area contributed by atoms with Crippen LogP contribution in [0.1, 0.15) is 43.6 Å². The second-order valence-corrected chi connectivity index (χ2v) is 12.1. The molecule has 2 heterocycles. The summed E-state index contributed by atoms with van der Waals surface area (Å²) in [7, 11) is -3.81. The maximum atomic E-state index is 13.3. The van der Waals surface area contributed by atoms with Gasteiger partial charge in [-0.2, -0.15) is 0 Å². The van der Waals surface area contributed by atoms with Crippen LogP contribution in [0, 0.1) is 0 Å². The second kappa shape index (κ2) is 13.3. The van der Waals surface area contributed by atoms with Gasteiger partial charge in [-0.25, -0.2) is 13.2 Å². The molecule has 0 spiro atoms. The number of carbonyl (C=O) groups is 2. The van der Waals surface area contributed by atoms with Crippen LogP contribution in [0.15, 0.2) is 89.8 Å². The topological polar surface area (TPSA) is 105 Å². The Morgan fingerprint density at radius 2 is 1.68 bits per heavy atom. The number of hydrogen-bond acceptors (Lipinski definition) is 7. The highest BCUT2D eigenvalue weighted by molar-refractivity contribution is 7.92. The van der Waals surface area contributed by atoms with Crippen LogP contribution in [0.5, 0.6) is 0 Å². The summed E-state index contributed by atoms with van der Waals surface area (Å²) < 4.78 is 33.4. The summed E-state index contributed by atoms with van der Waals surface area (Å²) in [6, 6.07) is 24.5. The molecule has 0 atom stereocenters. The molecule has 8 nitrogen and oxygen atoms in total. The Morgan fingerprint density at radius 3 is 2.39 bits per heavy atom. The quantitative estimate of drug-likeness (QED) is 0.226. The van der Waals surface area contributed by atoms with Gasteiger partial charge >= 0.3 is 5.97 Å². The molecule has 3 aromatic carbocycles. The first kappa shape index (κ1) is 30.3. The van der Waals surface area contributed by atoms with E-state index in [1.165, 1.54) is 35.1 Å². The number of esters is 1. The molecule has 1 aliphatic heterocycles. The van der Waals surface area contributed by atoms with Crippen molar-refractivity contribution in [2.24, 2.45) is 0 Å². The summed E-state index contributed by atoms with van der Waals surface area (Å²) in [4.78, 5) is 29.7. The molecule has 0 fully saturated rings. The molecule has 1 aromatic heterocycles. The van der Waals surface area contributed by atoms with Crippen LogP contribution in [0.4, 0.5) is 10.7 Å². The predicted octanol–water partition coefficient (Wildman–Crippen LogP) is 5.96. The van der Waals surface area contributed by atoms with Gasteiger partial charge in [-0.1, -0.05) is 54.6 Å². The number of benzene rings is 3. The molecule has 41 heavy (non-hydrogen) atoms. The largest absolute Gasteiger partial charge is 0.462 e. The number of carbonyl (C=O) groups excluding carboxylic acids is 2. The van der Waals surface area contributed by atoms with Crippen molar-refractivity contribution in [2.45, 2.75) is 31.3 Å². The fourth-order valence-electron chi connectivity index (χ4n) is 4.65. The van der Waals surface area contributed by atoms with Crippen LogP contribution in [0.25, 0.3) is 0 Å². The minimum atomic E-state index is -3.81. The van der Waals surface area contributed by atoms with E-state index < -0.39 is 21.9 Å². The van der Waals surface area contributed by atoms with Crippen molar-refractivity contribution < 1.29 is 22.7 Å². The minimum absolute atomic E-state index is 0. The lowest BCUT2D eigenvalue weighted by molar-refractivity contribution is 0.0526.